The van der Waals surface area contributed by atoms with Crippen molar-refractivity contribution in [3.05, 3.63) is 182 Å². The summed E-state index contributed by atoms with van der Waals surface area (Å²) in [6, 6.07) is 65.0. The minimum absolute atomic E-state index is 0. The van der Waals surface area contributed by atoms with Gasteiger partial charge < -0.3 is 15.0 Å². The molecule has 6 aromatic carbocycles. The van der Waals surface area contributed by atoms with Crippen molar-refractivity contribution in [2.75, 3.05) is 0 Å². The minimum atomic E-state index is -5.08. The first-order valence-corrected chi connectivity index (χ1v) is 18.7. The molecule has 0 aliphatic heterocycles. The van der Waals surface area contributed by atoms with Gasteiger partial charge in [0.05, 0.1) is 15.8 Å². The molecule has 0 aromatic heterocycles. The van der Waals surface area contributed by atoms with Crippen LogP contribution in [0.3, 0.4) is 0 Å². The maximum atomic E-state index is 10.6. The van der Waals surface area contributed by atoms with Crippen LogP contribution in [-0.2, 0) is 33.9 Å². The van der Waals surface area contributed by atoms with E-state index in [1.165, 1.54) is 31.8 Å². The molecule has 1 radical (unpaired) electrons. The Morgan fingerprint density at radius 1 is 0.364 bits per heavy atom. The van der Waals surface area contributed by atoms with Gasteiger partial charge in [0.1, 0.15) is 31.8 Å². The summed E-state index contributed by atoms with van der Waals surface area (Å²) >= 11 is 0. The van der Waals surface area contributed by atoms with Gasteiger partial charge in [0.15, 0.2) is 0 Å². The van der Waals surface area contributed by atoms with E-state index in [1.807, 2.05) is 0 Å². The molecular formula is C41H35F6O5P2Ru+2. The largest absolute Gasteiger partial charge is 1.00 e. The summed E-state index contributed by atoms with van der Waals surface area (Å²) in [5.41, 5.74) is 0. The van der Waals surface area contributed by atoms with E-state index in [9.17, 15) is 26.3 Å². The average Bonchev–Trinajstić information content (AvgIpc) is 3.18. The number of carboxylic acids is 2. The number of benzene rings is 6. The van der Waals surface area contributed by atoms with Crippen molar-refractivity contribution in [3.63, 3.8) is 0 Å². The monoisotopic (exact) mass is 885 g/mol. The molecule has 14 heteroatoms. The molecule has 0 saturated heterocycles. The normalized spacial score (nSPS) is 10.3. The Labute approximate surface area is 330 Å². The third-order valence-electron chi connectivity index (χ3n) is 6.86. The van der Waals surface area contributed by atoms with Gasteiger partial charge in [0.25, 0.3) is 0 Å². The molecule has 0 saturated carbocycles. The van der Waals surface area contributed by atoms with Crippen LogP contribution in [0.25, 0.3) is 0 Å². The number of halogens is 6. The van der Waals surface area contributed by atoms with E-state index in [4.69, 9.17) is 24.6 Å². The number of carbonyl (C=O) groups is 2. The van der Waals surface area contributed by atoms with Crippen LogP contribution in [0.1, 0.15) is 0 Å². The molecule has 0 aliphatic rings. The number of carbonyl (C=O) groups excluding carboxylic acids is 1. The van der Waals surface area contributed by atoms with Gasteiger partial charge in [0.2, 0.25) is 0 Å². The van der Waals surface area contributed by atoms with Gasteiger partial charge in [0, 0.05) is 0 Å². The SMILES string of the molecule is O=C(O)C(F)(F)F.O=C(O)C(F)(F)F.[CH-]=O.[Ru+].c1ccc([PH+](c2ccccc2)c2ccccc2)cc1.c1ccc([PH+](c2ccccc2)c2ccccc2)cc1. The Bertz CT molecular complexity index is 1600. The minimum Gasteiger partial charge on any atom is -0.545 e. The maximum absolute atomic E-state index is 10.6. The predicted octanol–water partition coefficient (Wildman–Crippen LogP) is 7.34. The van der Waals surface area contributed by atoms with Crippen molar-refractivity contribution in [1.82, 2.24) is 0 Å². The quantitative estimate of drug-likeness (QED) is 0.0601. The van der Waals surface area contributed by atoms with E-state index < -0.39 is 40.1 Å². The molecule has 6 rings (SSSR count). The fourth-order valence-electron chi connectivity index (χ4n) is 4.63. The Balaban J connectivity index is 0.000000395. The summed E-state index contributed by atoms with van der Waals surface area (Å²) in [7, 11) is -1.75. The van der Waals surface area contributed by atoms with E-state index in [0.717, 1.165) is 0 Å². The first kappa shape index (κ1) is 48.0. The van der Waals surface area contributed by atoms with Crippen molar-refractivity contribution in [3.8, 4) is 0 Å². The van der Waals surface area contributed by atoms with Crippen molar-refractivity contribution in [1.29, 1.82) is 0 Å². The van der Waals surface area contributed by atoms with E-state index in [2.05, 4.69) is 189 Å². The second-order valence-corrected chi connectivity index (χ2v) is 15.5. The van der Waals surface area contributed by atoms with Crippen molar-refractivity contribution < 1.29 is 70.4 Å². The molecule has 0 fully saturated rings. The fourth-order valence-corrected chi connectivity index (χ4v) is 9.78. The molecule has 0 bridgehead atoms. The standard InChI is InChI=1S/2C18H15P.2C2HF3O2.CHO.Ru/c2*1-4-10-16(11-5-1)19(17-12-6-2-7-13-17)18-14-8-3-9-15-18;2*3-2(4,5)1(6)7;1-2;/h2*1-15H;2*(H,6,7);1H;/q;;;;-1;+1/p+2. The van der Waals surface area contributed by atoms with Gasteiger partial charge in [-0.15, -0.1) is 0 Å². The van der Waals surface area contributed by atoms with Crippen LogP contribution < -0.4 is 31.8 Å². The number of rotatable bonds is 6. The number of alkyl halides is 6. The van der Waals surface area contributed by atoms with E-state index in [0.29, 0.717) is 0 Å². The van der Waals surface area contributed by atoms with Gasteiger partial charge in [-0.1, -0.05) is 109 Å². The van der Waals surface area contributed by atoms with E-state index in [-0.39, 0.29) is 19.5 Å². The van der Waals surface area contributed by atoms with Gasteiger partial charge in [-0.25, -0.2) is 9.59 Å². The van der Waals surface area contributed by atoms with E-state index in [1.54, 1.807) is 0 Å². The first-order valence-electron chi connectivity index (χ1n) is 15.7. The summed E-state index contributed by atoms with van der Waals surface area (Å²) in [6.45, 7) is 3.25. The van der Waals surface area contributed by atoms with E-state index >= 15 is 0 Å². The number of hydrogen-bond acceptors (Lipinski definition) is 3. The second-order valence-electron chi connectivity index (χ2n) is 10.6. The predicted molar refractivity (Wildman–Crippen MR) is 207 cm³/mol. The van der Waals surface area contributed by atoms with Crippen LogP contribution in [0.4, 0.5) is 26.3 Å². The van der Waals surface area contributed by atoms with Gasteiger partial charge in [-0.3, -0.25) is 6.79 Å². The summed E-state index contributed by atoms with van der Waals surface area (Å²) < 4.78 is 63.5. The Kier molecular flexibility index (Phi) is 22.0. The molecule has 0 heterocycles. The number of aliphatic carboxylic acids is 2. The molecule has 0 aliphatic carbocycles. The van der Waals surface area contributed by atoms with Gasteiger partial charge in [-0.05, 0) is 72.8 Å². The topological polar surface area (TPSA) is 91.7 Å². The van der Waals surface area contributed by atoms with Crippen molar-refractivity contribution in [2.45, 2.75) is 12.4 Å². The molecule has 0 atom stereocenters. The maximum Gasteiger partial charge on any atom is 1.00 e. The Morgan fingerprint density at radius 2 is 0.473 bits per heavy atom. The zero-order valence-electron chi connectivity index (χ0n) is 28.6. The first-order chi connectivity index (χ1) is 25.8. The zero-order valence-corrected chi connectivity index (χ0v) is 32.4. The Morgan fingerprint density at radius 3 is 0.564 bits per heavy atom. The summed E-state index contributed by atoms with van der Waals surface area (Å²) in [4.78, 5) is 25.5. The molecule has 0 spiro atoms. The van der Waals surface area contributed by atoms with Crippen LogP contribution in [0.5, 0.6) is 0 Å². The van der Waals surface area contributed by atoms with Crippen LogP contribution >= 0.6 is 15.8 Å². The van der Waals surface area contributed by atoms with Crippen LogP contribution in [-0.4, -0.2) is 41.3 Å². The molecule has 5 nitrogen and oxygen atoms in total. The third kappa shape index (κ3) is 17.3. The smallest absolute Gasteiger partial charge is 0.545 e. The summed E-state index contributed by atoms with van der Waals surface area (Å²) in [5.74, 6) is -5.51. The second kappa shape index (κ2) is 25.1. The zero-order chi connectivity index (χ0) is 40.0. The molecule has 55 heavy (non-hydrogen) atoms. The summed E-state index contributed by atoms with van der Waals surface area (Å²) in [6.07, 6.45) is -10.2. The van der Waals surface area contributed by atoms with Crippen molar-refractivity contribution in [2.24, 2.45) is 0 Å². The molecule has 0 unspecified atom stereocenters. The van der Waals surface area contributed by atoms with Crippen LogP contribution in [0, 0.1) is 0 Å². The Hall–Kier alpha value is -5.01. The molecule has 6 aromatic rings. The number of carboxylic acid groups (broad SMARTS) is 2. The van der Waals surface area contributed by atoms with Gasteiger partial charge in [-0.2, -0.15) is 26.3 Å². The average molecular weight is 885 g/mol. The molecular weight excluding hydrogens is 849 g/mol. The van der Waals surface area contributed by atoms with Gasteiger partial charge >= 0.3 is 43.8 Å². The number of hydrogen-bond donors (Lipinski definition) is 2. The van der Waals surface area contributed by atoms with Crippen molar-refractivity contribution >= 4 is 66.4 Å². The fraction of sp³-hybridized carbons (Fsp3) is 0.0488. The van der Waals surface area contributed by atoms with Crippen LogP contribution in [0.15, 0.2) is 182 Å². The molecule has 0 amide bonds. The molecule has 287 valence electrons. The van der Waals surface area contributed by atoms with Crippen LogP contribution in [0.2, 0.25) is 0 Å². The third-order valence-corrected chi connectivity index (χ3v) is 12.3. The summed E-state index contributed by atoms with van der Waals surface area (Å²) in [5, 5.41) is 22.9. The molecule has 2 N–H and O–H groups in total.